The Morgan fingerprint density at radius 3 is 2.69 bits per heavy atom. The summed E-state index contributed by atoms with van der Waals surface area (Å²) in [4.78, 5) is 30.2. The highest BCUT2D eigenvalue weighted by molar-refractivity contribution is 6.90. The molecule has 1 N–H and O–H groups in total. The second kappa shape index (κ2) is 6.79. The van der Waals surface area contributed by atoms with E-state index < -0.39 is 25.7 Å². The second-order valence-corrected chi connectivity index (χ2v) is 13.5. The monoisotopic (exact) mass is 456 g/mol. The number of alkyl halides is 2. The molecule has 5 rings (SSSR count). The van der Waals surface area contributed by atoms with Crippen LogP contribution in [0.25, 0.3) is 22.3 Å². The van der Waals surface area contributed by atoms with Crippen molar-refractivity contribution in [1.29, 1.82) is 0 Å². The lowest BCUT2D eigenvalue weighted by Gasteiger charge is -2.31. The molecule has 6 nitrogen and oxygen atoms in total. The van der Waals surface area contributed by atoms with Crippen molar-refractivity contribution in [2.24, 2.45) is 0 Å². The van der Waals surface area contributed by atoms with E-state index in [4.69, 9.17) is 9.72 Å². The third-order valence-corrected chi connectivity index (χ3v) is 9.69. The molecule has 0 unspecified atom stereocenters. The molecule has 0 aliphatic carbocycles. The highest BCUT2D eigenvalue weighted by Gasteiger charge is 2.45. The molecule has 0 bridgehead atoms. The number of aliphatic hydroxyl groups is 1. The average Bonchev–Trinajstić information content (AvgIpc) is 3.12. The first-order chi connectivity index (χ1) is 15.1. The molecule has 0 radical (unpaired) electrons. The number of carbonyl (C=O) groups excluding carboxylic acids is 1. The van der Waals surface area contributed by atoms with Gasteiger partial charge in [-0.2, -0.15) is 0 Å². The zero-order valence-corrected chi connectivity index (χ0v) is 18.9. The number of ether oxygens (including phenoxy) is 1. The first kappa shape index (κ1) is 21.0. The van der Waals surface area contributed by atoms with Gasteiger partial charge in [0.1, 0.15) is 6.61 Å². The molecule has 3 aromatic rings. The van der Waals surface area contributed by atoms with Crippen LogP contribution >= 0.6 is 0 Å². The van der Waals surface area contributed by atoms with Crippen molar-refractivity contribution in [1.82, 2.24) is 9.55 Å². The molecule has 0 spiro atoms. The summed E-state index contributed by atoms with van der Waals surface area (Å²) in [5, 5.41) is 12.3. The molecule has 2 aliphatic heterocycles. The normalized spacial score (nSPS) is 19.7. The Bertz CT molecular complexity index is 1370. The average molecular weight is 457 g/mol. The zero-order valence-electron chi connectivity index (χ0n) is 17.9. The van der Waals surface area contributed by atoms with Crippen molar-refractivity contribution in [2.45, 2.75) is 51.2 Å². The number of pyridine rings is 2. The largest absolute Gasteiger partial charge is 0.458 e. The fourth-order valence-electron chi connectivity index (χ4n) is 4.51. The van der Waals surface area contributed by atoms with Crippen LogP contribution in [0.5, 0.6) is 0 Å². The Morgan fingerprint density at radius 1 is 1.25 bits per heavy atom. The van der Waals surface area contributed by atoms with Gasteiger partial charge in [0, 0.05) is 16.5 Å². The van der Waals surface area contributed by atoms with E-state index >= 15 is 0 Å². The van der Waals surface area contributed by atoms with Crippen LogP contribution in [0, 0.1) is 0 Å². The predicted molar refractivity (Wildman–Crippen MR) is 118 cm³/mol. The highest BCUT2D eigenvalue weighted by atomic mass is 28.3. The van der Waals surface area contributed by atoms with Gasteiger partial charge >= 0.3 is 5.97 Å². The number of aromatic nitrogens is 2. The molecule has 0 amide bonds. The minimum Gasteiger partial charge on any atom is -0.458 e. The molecule has 2 aromatic heterocycles. The molecule has 4 heterocycles. The molecule has 2 aliphatic rings. The van der Waals surface area contributed by atoms with Gasteiger partial charge in [0.25, 0.3) is 5.56 Å². The Morgan fingerprint density at radius 2 is 2.00 bits per heavy atom. The van der Waals surface area contributed by atoms with Crippen molar-refractivity contribution in [2.75, 3.05) is 0 Å². The van der Waals surface area contributed by atoms with Crippen LogP contribution in [0.4, 0.5) is 8.78 Å². The Kier molecular flexibility index (Phi) is 4.45. The number of rotatable bonds is 3. The summed E-state index contributed by atoms with van der Waals surface area (Å²) in [6, 6.07) is 6.39. The lowest BCUT2D eigenvalue weighted by Crippen LogP contribution is -2.48. The molecule has 166 valence electrons. The smallest absolute Gasteiger partial charge is 0.343 e. The maximum atomic E-state index is 13.6. The van der Waals surface area contributed by atoms with Crippen LogP contribution in [-0.4, -0.2) is 34.7 Å². The first-order valence-corrected chi connectivity index (χ1v) is 13.5. The van der Waals surface area contributed by atoms with Crippen LogP contribution < -0.4 is 10.7 Å². The number of fused-ring (bicyclic) bond motifs is 5. The summed E-state index contributed by atoms with van der Waals surface area (Å²) in [6.07, 6.45) is 0.0757. The SMILES string of the molecule is CC[C@@]1(O)C(=O)OCc2c1cc1n(c2=O)Cc2cc3cc([Si](C)(C)C(F)F)ccc3nc2-1. The van der Waals surface area contributed by atoms with E-state index in [2.05, 4.69) is 0 Å². The van der Waals surface area contributed by atoms with Crippen molar-refractivity contribution in [3.63, 3.8) is 0 Å². The van der Waals surface area contributed by atoms with Crippen molar-refractivity contribution in [3.05, 3.63) is 57.4 Å². The molecular weight excluding hydrogens is 434 g/mol. The number of carbonyl (C=O) groups is 1. The van der Waals surface area contributed by atoms with Crippen molar-refractivity contribution >= 4 is 30.1 Å². The summed E-state index contributed by atoms with van der Waals surface area (Å²) < 4.78 is 33.8. The molecule has 0 fully saturated rings. The van der Waals surface area contributed by atoms with Gasteiger partial charge in [-0.15, -0.1) is 0 Å². The number of halogens is 2. The number of hydrogen-bond acceptors (Lipinski definition) is 5. The van der Waals surface area contributed by atoms with Crippen LogP contribution in [-0.2, 0) is 28.3 Å². The van der Waals surface area contributed by atoms with E-state index in [-0.39, 0.29) is 36.3 Å². The van der Waals surface area contributed by atoms with E-state index in [1.165, 1.54) is 0 Å². The molecule has 1 aromatic carbocycles. The van der Waals surface area contributed by atoms with Gasteiger partial charge < -0.3 is 14.4 Å². The van der Waals surface area contributed by atoms with Gasteiger partial charge in [-0.3, -0.25) is 4.79 Å². The first-order valence-electron chi connectivity index (χ1n) is 10.5. The number of esters is 1. The van der Waals surface area contributed by atoms with Crippen LogP contribution in [0.1, 0.15) is 30.0 Å². The summed E-state index contributed by atoms with van der Waals surface area (Å²) >= 11 is 0. The zero-order chi connectivity index (χ0) is 23.0. The minimum atomic E-state index is -2.91. The summed E-state index contributed by atoms with van der Waals surface area (Å²) in [5.41, 5.74) is 0.873. The number of benzene rings is 1. The summed E-state index contributed by atoms with van der Waals surface area (Å²) in [5.74, 6) is -0.764. The van der Waals surface area contributed by atoms with Gasteiger partial charge in [0.05, 0.1) is 29.0 Å². The van der Waals surface area contributed by atoms with Crippen LogP contribution in [0.3, 0.4) is 0 Å². The summed E-state index contributed by atoms with van der Waals surface area (Å²) in [7, 11) is -2.91. The lowest BCUT2D eigenvalue weighted by atomic mass is 9.86. The lowest BCUT2D eigenvalue weighted by molar-refractivity contribution is -0.172. The van der Waals surface area contributed by atoms with Gasteiger partial charge in [0.2, 0.25) is 6.05 Å². The number of nitrogens with zero attached hydrogens (tertiary/aromatic N) is 2. The van der Waals surface area contributed by atoms with E-state index in [0.29, 0.717) is 22.1 Å². The molecule has 9 heteroatoms. The van der Waals surface area contributed by atoms with E-state index in [0.717, 1.165) is 10.9 Å². The van der Waals surface area contributed by atoms with Crippen LogP contribution in [0.15, 0.2) is 35.1 Å². The van der Waals surface area contributed by atoms with E-state index in [1.807, 2.05) is 6.07 Å². The van der Waals surface area contributed by atoms with Gasteiger partial charge in [-0.25, -0.2) is 18.6 Å². The Balaban J connectivity index is 1.69. The van der Waals surface area contributed by atoms with Crippen molar-refractivity contribution < 1.29 is 23.4 Å². The quantitative estimate of drug-likeness (QED) is 0.379. The Labute approximate surface area is 183 Å². The predicted octanol–water partition coefficient (Wildman–Crippen LogP) is 2.80. The molecule has 32 heavy (non-hydrogen) atoms. The molecular formula is C23H22F2N2O4Si. The summed E-state index contributed by atoms with van der Waals surface area (Å²) in [6.45, 7) is 5.02. The fraction of sp³-hybridized carbons (Fsp3) is 0.348. The molecule has 1 atom stereocenters. The maximum Gasteiger partial charge on any atom is 0.343 e. The highest BCUT2D eigenvalue weighted by Crippen LogP contribution is 2.38. The number of hydrogen-bond donors (Lipinski definition) is 1. The third kappa shape index (κ3) is 2.74. The molecule has 0 saturated heterocycles. The van der Waals surface area contributed by atoms with E-state index in [1.54, 1.807) is 48.9 Å². The third-order valence-electron chi connectivity index (χ3n) is 6.80. The topological polar surface area (TPSA) is 81.4 Å². The van der Waals surface area contributed by atoms with Crippen molar-refractivity contribution in [3.8, 4) is 11.4 Å². The second-order valence-electron chi connectivity index (χ2n) is 9.03. The standard InChI is InChI=1S/C23H22F2N2O4Si/c1-4-23(30)16-9-18-19-13(10-27(18)20(28)15(16)11-31-21(23)29)7-12-8-14(5-6-17(12)26-19)32(2,3)22(24)25/h5-9,22,30H,4,10-11H2,1-3H3/t23-/m0/s1. The fourth-order valence-corrected chi connectivity index (χ4v) is 5.80. The van der Waals surface area contributed by atoms with Gasteiger partial charge in [-0.05, 0) is 24.6 Å². The number of cyclic esters (lactones) is 1. The van der Waals surface area contributed by atoms with Gasteiger partial charge in [0.15, 0.2) is 13.7 Å². The minimum absolute atomic E-state index is 0.0757. The van der Waals surface area contributed by atoms with Crippen LogP contribution in [0.2, 0.25) is 13.1 Å². The van der Waals surface area contributed by atoms with Gasteiger partial charge in [-0.1, -0.05) is 37.3 Å². The molecule has 0 saturated carbocycles. The van der Waals surface area contributed by atoms with E-state index in [9.17, 15) is 23.5 Å². The Hall–Kier alpha value is -2.91. The maximum absolute atomic E-state index is 13.6.